The van der Waals surface area contributed by atoms with E-state index < -0.39 is 0 Å². The zero-order chi connectivity index (χ0) is 17.2. The van der Waals surface area contributed by atoms with Crippen LogP contribution in [0.15, 0.2) is 81.7 Å². The minimum absolute atomic E-state index is 0.182. The molecule has 0 aliphatic carbocycles. The lowest BCUT2D eigenvalue weighted by atomic mass is 10.1. The molecule has 4 heteroatoms. The standard InChI is InChI=1S/C21H14BrNO2/c22-15-8-5-14(6-9-15)7-12-21(24)23-16-10-11-18-17-3-1-2-4-19(17)25-20(18)13-16/h1-13H,(H,23,24)/b12-7+. The number of hydrogen-bond acceptors (Lipinski definition) is 2. The van der Waals surface area contributed by atoms with Crippen molar-refractivity contribution in [2.45, 2.75) is 0 Å². The quantitative estimate of drug-likeness (QED) is 0.435. The zero-order valence-corrected chi connectivity index (χ0v) is 14.8. The van der Waals surface area contributed by atoms with E-state index in [1.165, 1.54) is 6.08 Å². The second kappa shape index (κ2) is 6.57. The van der Waals surface area contributed by atoms with Gasteiger partial charge in [-0.2, -0.15) is 0 Å². The summed E-state index contributed by atoms with van der Waals surface area (Å²) in [7, 11) is 0. The van der Waals surface area contributed by atoms with Crippen LogP contribution in [0.5, 0.6) is 0 Å². The molecule has 0 radical (unpaired) electrons. The Balaban J connectivity index is 1.54. The summed E-state index contributed by atoms with van der Waals surface area (Å²) in [6, 6.07) is 21.4. The Labute approximate surface area is 153 Å². The average Bonchev–Trinajstić information content (AvgIpc) is 2.99. The van der Waals surface area contributed by atoms with Gasteiger partial charge in [0.2, 0.25) is 5.91 Å². The summed E-state index contributed by atoms with van der Waals surface area (Å²) in [4.78, 5) is 12.1. The molecule has 0 saturated heterocycles. The third-order valence-electron chi connectivity index (χ3n) is 3.94. The number of furan rings is 1. The van der Waals surface area contributed by atoms with E-state index in [-0.39, 0.29) is 5.91 Å². The molecule has 1 aromatic heterocycles. The molecule has 1 heterocycles. The topological polar surface area (TPSA) is 42.2 Å². The van der Waals surface area contributed by atoms with Gasteiger partial charge in [-0.05, 0) is 42.0 Å². The first kappa shape index (κ1) is 15.7. The first-order chi connectivity index (χ1) is 12.2. The van der Waals surface area contributed by atoms with Crippen LogP contribution in [0.1, 0.15) is 5.56 Å². The number of hydrogen-bond donors (Lipinski definition) is 1. The lowest BCUT2D eigenvalue weighted by Gasteiger charge is -2.02. The van der Waals surface area contributed by atoms with E-state index in [4.69, 9.17) is 4.42 Å². The van der Waals surface area contributed by atoms with Crippen LogP contribution in [-0.4, -0.2) is 5.91 Å². The predicted octanol–water partition coefficient (Wildman–Crippen LogP) is 6.00. The molecule has 0 unspecified atom stereocenters. The number of nitrogens with one attached hydrogen (secondary N) is 1. The summed E-state index contributed by atoms with van der Waals surface area (Å²) in [5.74, 6) is -0.182. The number of fused-ring (bicyclic) bond motifs is 3. The number of carbonyl (C=O) groups is 1. The normalized spacial score (nSPS) is 11.4. The third-order valence-corrected chi connectivity index (χ3v) is 4.47. The van der Waals surface area contributed by atoms with Gasteiger partial charge >= 0.3 is 0 Å². The Morgan fingerprint density at radius 3 is 2.52 bits per heavy atom. The average molecular weight is 392 g/mol. The number of anilines is 1. The maximum Gasteiger partial charge on any atom is 0.248 e. The van der Waals surface area contributed by atoms with E-state index in [1.54, 1.807) is 6.08 Å². The molecule has 0 bridgehead atoms. The molecule has 122 valence electrons. The van der Waals surface area contributed by atoms with Crippen LogP contribution in [0.4, 0.5) is 5.69 Å². The van der Waals surface area contributed by atoms with E-state index >= 15 is 0 Å². The molecule has 3 nitrogen and oxygen atoms in total. The molecular formula is C21H14BrNO2. The summed E-state index contributed by atoms with van der Waals surface area (Å²) in [5, 5.41) is 4.98. The summed E-state index contributed by atoms with van der Waals surface area (Å²) in [5.41, 5.74) is 3.27. The Kier molecular flexibility index (Phi) is 4.12. The second-order valence-corrected chi connectivity index (χ2v) is 6.60. The van der Waals surface area contributed by atoms with Crippen LogP contribution < -0.4 is 5.32 Å². The van der Waals surface area contributed by atoms with Gasteiger partial charge in [-0.1, -0.05) is 46.3 Å². The maximum absolute atomic E-state index is 12.1. The smallest absolute Gasteiger partial charge is 0.248 e. The Hall–Kier alpha value is -2.85. The number of halogens is 1. The van der Waals surface area contributed by atoms with Gasteiger partial charge in [0.15, 0.2) is 0 Å². The van der Waals surface area contributed by atoms with Gasteiger partial charge in [0.1, 0.15) is 11.2 Å². The van der Waals surface area contributed by atoms with Gasteiger partial charge < -0.3 is 9.73 Å². The van der Waals surface area contributed by atoms with E-state index in [9.17, 15) is 4.79 Å². The molecule has 3 aromatic carbocycles. The molecule has 25 heavy (non-hydrogen) atoms. The number of benzene rings is 3. The lowest BCUT2D eigenvalue weighted by Crippen LogP contribution is -2.07. The molecule has 4 aromatic rings. The number of carbonyl (C=O) groups excluding carboxylic acids is 1. The van der Waals surface area contributed by atoms with E-state index in [0.717, 1.165) is 32.0 Å². The molecule has 0 spiro atoms. The number of para-hydroxylation sites is 1. The molecule has 0 atom stereocenters. The highest BCUT2D eigenvalue weighted by atomic mass is 79.9. The van der Waals surface area contributed by atoms with Crippen molar-refractivity contribution >= 4 is 55.5 Å². The van der Waals surface area contributed by atoms with Crippen LogP contribution >= 0.6 is 15.9 Å². The van der Waals surface area contributed by atoms with Crippen molar-refractivity contribution in [3.63, 3.8) is 0 Å². The Bertz CT molecular complexity index is 1090. The van der Waals surface area contributed by atoms with Gasteiger partial charge in [-0.3, -0.25) is 4.79 Å². The number of rotatable bonds is 3. The van der Waals surface area contributed by atoms with Crippen LogP contribution in [0.3, 0.4) is 0 Å². The van der Waals surface area contributed by atoms with Crippen LogP contribution in [0.25, 0.3) is 28.0 Å². The van der Waals surface area contributed by atoms with E-state index in [0.29, 0.717) is 5.69 Å². The highest BCUT2D eigenvalue weighted by Crippen LogP contribution is 2.30. The van der Waals surface area contributed by atoms with Gasteiger partial charge in [0.05, 0.1) is 0 Å². The molecule has 4 rings (SSSR count). The molecular weight excluding hydrogens is 378 g/mol. The van der Waals surface area contributed by atoms with Gasteiger partial charge in [-0.15, -0.1) is 0 Å². The lowest BCUT2D eigenvalue weighted by molar-refractivity contribution is -0.111. The second-order valence-electron chi connectivity index (χ2n) is 5.68. The van der Waals surface area contributed by atoms with Crippen molar-refractivity contribution < 1.29 is 9.21 Å². The maximum atomic E-state index is 12.1. The van der Waals surface area contributed by atoms with Crippen molar-refractivity contribution in [3.8, 4) is 0 Å². The summed E-state index contributed by atoms with van der Waals surface area (Å²) >= 11 is 3.39. The van der Waals surface area contributed by atoms with Gasteiger partial charge in [0, 0.05) is 33.1 Å². The van der Waals surface area contributed by atoms with Crippen molar-refractivity contribution in [1.82, 2.24) is 0 Å². The fraction of sp³-hybridized carbons (Fsp3) is 0. The van der Waals surface area contributed by atoms with E-state index in [1.807, 2.05) is 66.7 Å². The van der Waals surface area contributed by atoms with Gasteiger partial charge in [-0.25, -0.2) is 0 Å². The van der Waals surface area contributed by atoms with Gasteiger partial charge in [0.25, 0.3) is 0 Å². The van der Waals surface area contributed by atoms with Crippen molar-refractivity contribution in [1.29, 1.82) is 0 Å². The molecule has 0 aliphatic rings. The van der Waals surface area contributed by atoms with Crippen LogP contribution in [-0.2, 0) is 4.79 Å². The summed E-state index contributed by atoms with van der Waals surface area (Å²) < 4.78 is 6.85. The highest BCUT2D eigenvalue weighted by Gasteiger charge is 2.07. The van der Waals surface area contributed by atoms with Crippen molar-refractivity contribution in [2.24, 2.45) is 0 Å². The van der Waals surface area contributed by atoms with Crippen LogP contribution in [0.2, 0.25) is 0 Å². The first-order valence-electron chi connectivity index (χ1n) is 7.85. The summed E-state index contributed by atoms with van der Waals surface area (Å²) in [6.45, 7) is 0. The van der Waals surface area contributed by atoms with Crippen molar-refractivity contribution in [2.75, 3.05) is 5.32 Å². The highest BCUT2D eigenvalue weighted by molar-refractivity contribution is 9.10. The van der Waals surface area contributed by atoms with E-state index in [2.05, 4.69) is 21.2 Å². The third kappa shape index (κ3) is 3.35. The molecule has 1 N–H and O–H groups in total. The minimum Gasteiger partial charge on any atom is -0.456 e. The fourth-order valence-corrected chi connectivity index (χ4v) is 3.00. The predicted molar refractivity (Wildman–Crippen MR) is 106 cm³/mol. The Morgan fingerprint density at radius 2 is 1.68 bits per heavy atom. The zero-order valence-electron chi connectivity index (χ0n) is 13.2. The minimum atomic E-state index is -0.182. The fourth-order valence-electron chi connectivity index (χ4n) is 2.73. The molecule has 1 amide bonds. The largest absolute Gasteiger partial charge is 0.456 e. The molecule has 0 aliphatic heterocycles. The summed E-state index contributed by atoms with van der Waals surface area (Å²) in [6.07, 6.45) is 3.30. The number of amides is 1. The Morgan fingerprint density at radius 1 is 0.920 bits per heavy atom. The first-order valence-corrected chi connectivity index (χ1v) is 8.64. The monoisotopic (exact) mass is 391 g/mol. The molecule has 0 saturated carbocycles. The van der Waals surface area contributed by atoms with Crippen LogP contribution in [0, 0.1) is 0 Å². The SMILES string of the molecule is O=C(/C=C/c1ccc(Br)cc1)Nc1ccc2c(c1)oc1ccccc12. The van der Waals surface area contributed by atoms with Crippen molar-refractivity contribution in [3.05, 3.63) is 82.8 Å². The molecule has 0 fully saturated rings.